The number of hydrogen-bond acceptors (Lipinski definition) is 3. The van der Waals surface area contributed by atoms with E-state index < -0.39 is 0 Å². The van der Waals surface area contributed by atoms with Crippen LogP contribution in [0.2, 0.25) is 0 Å². The van der Waals surface area contributed by atoms with Crippen LogP contribution in [0.3, 0.4) is 0 Å². The molecular weight excluding hydrogens is 204 g/mol. The molecule has 0 bridgehead atoms. The molecule has 1 aliphatic carbocycles. The molecule has 1 aromatic carbocycles. The van der Waals surface area contributed by atoms with Crippen LogP contribution in [0.4, 0.5) is 5.69 Å². The third kappa shape index (κ3) is 2.45. The van der Waals surface area contributed by atoms with Gasteiger partial charge < -0.3 is 5.73 Å². The minimum absolute atomic E-state index is 0.642. The van der Waals surface area contributed by atoms with Crippen LogP contribution in [-0.2, 0) is 0 Å². The standard InChI is InChI=1S/C12H14N2S/c13-8-9-5-6-12(11(14)7-9)15-10-3-1-2-4-10/h5-7,10H,1-4,14H2. The second-order valence-electron chi connectivity index (χ2n) is 3.89. The second kappa shape index (κ2) is 4.59. The van der Waals surface area contributed by atoms with Gasteiger partial charge in [-0.25, -0.2) is 0 Å². The van der Waals surface area contributed by atoms with E-state index in [0.717, 1.165) is 15.8 Å². The molecule has 1 aromatic rings. The largest absolute Gasteiger partial charge is 0.398 e. The quantitative estimate of drug-likeness (QED) is 0.776. The third-order valence-electron chi connectivity index (χ3n) is 2.73. The van der Waals surface area contributed by atoms with Crippen LogP contribution in [0.15, 0.2) is 23.1 Å². The van der Waals surface area contributed by atoms with Crippen molar-refractivity contribution in [1.29, 1.82) is 5.26 Å². The molecule has 0 radical (unpaired) electrons. The first-order valence-corrected chi connectivity index (χ1v) is 6.14. The van der Waals surface area contributed by atoms with Gasteiger partial charge in [-0.15, -0.1) is 11.8 Å². The van der Waals surface area contributed by atoms with Gasteiger partial charge in [0.15, 0.2) is 0 Å². The summed E-state index contributed by atoms with van der Waals surface area (Å²) in [7, 11) is 0. The topological polar surface area (TPSA) is 49.8 Å². The van der Waals surface area contributed by atoms with Crippen molar-refractivity contribution in [2.45, 2.75) is 35.8 Å². The van der Waals surface area contributed by atoms with E-state index >= 15 is 0 Å². The number of nitriles is 1. The number of benzene rings is 1. The number of anilines is 1. The molecule has 2 nitrogen and oxygen atoms in total. The Labute approximate surface area is 94.5 Å². The molecule has 1 aliphatic rings. The summed E-state index contributed by atoms with van der Waals surface area (Å²) in [5, 5.41) is 9.45. The van der Waals surface area contributed by atoms with E-state index in [1.807, 2.05) is 23.9 Å². The first kappa shape index (κ1) is 10.4. The lowest BCUT2D eigenvalue weighted by atomic mass is 10.2. The van der Waals surface area contributed by atoms with Gasteiger partial charge in [-0.3, -0.25) is 0 Å². The highest BCUT2D eigenvalue weighted by Crippen LogP contribution is 2.37. The molecule has 0 aromatic heterocycles. The zero-order valence-electron chi connectivity index (χ0n) is 8.57. The van der Waals surface area contributed by atoms with Gasteiger partial charge in [0, 0.05) is 15.8 Å². The first-order valence-electron chi connectivity index (χ1n) is 5.26. The van der Waals surface area contributed by atoms with Crippen LogP contribution >= 0.6 is 11.8 Å². The Bertz CT molecular complexity index is 389. The van der Waals surface area contributed by atoms with Crippen molar-refractivity contribution < 1.29 is 0 Å². The van der Waals surface area contributed by atoms with Crippen molar-refractivity contribution in [2.75, 3.05) is 5.73 Å². The molecule has 2 rings (SSSR count). The van der Waals surface area contributed by atoms with Gasteiger partial charge in [0.1, 0.15) is 0 Å². The summed E-state index contributed by atoms with van der Waals surface area (Å²) in [6, 6.07) is 7.67. The zero-order valence-corrected chi connectivity index (χ0v) is 9.39. The Hall–Kier alpha value is -1.14. The molecule has 78 valence electrons. The van der Waals surface area contributed by atoms with Crippen LogP contribution < -0.4 is 5.73 Å². The molecule has 0 unspecified atom stereocenters. The highest BCUT2D eigenvalue weighted by atomic mass is 32.2. The van der Waals surface area contributed by atoms with Crippen molar-refractivity contribution in [3.05, 3.63) is 23.8 Å². The first-order chi connectivity index (χ1) is 7.29. The summed E-state index contributed by atoms with van der Waals surface area (Å²) in [6.07, 6.45) is 5.27. The summed E-state index contributed by atoms with van der Waals surface area (Å²) in [5.74, 6) is 0. The van der Waals surface area contributed by atoms with Gasteiger partial charge in [-0.2, -0.15) is 5.26 Å². The lowest BCUT2D eigenvalue weighted by Gasteiger charge is -2.10. The molecule has 0 saturated heterocycles. The van der Waals surface area contributed by atoms with Crippen molar-refractivity contribution >= 4 is 17.4 Å². The summed E-state index contributed by atoms with van der Waals surface area (Å²) in [4.78, 5) is 1.13. The SMILES string of the molecule is N#Cc1ccc(SC2CCCC2)c(N)c1. The molecule has 0 spiro atoms. The number of nitrogens with zero attached hydrogens (tertiary/aromatic N) is 1. The van der Waals surface area contributed by atoms with Gasteiger partial charge in [0.05, 0.1) is 11.6 Å². The predicted octanol–water partition coefficient (Wildman–Crippen LogP) is 3.18. The number of nitrogen functional groups attached to an aromatic ring is 1. The minimum atomic E-state index is 0.642. The number of hydrogen-bond donors (Lipinski definition) is 1. The van der Waals surface area contributed by atoms with E-state index in [2.05, 4.69) is 6.07 Å². The van der Waals surface area contributed by atoms with Crippen molar-refractivity contribution in [2.24, 2.45) is 0 Å². The fourth-order valence-electron chi connectivity index (χ4n) is 1.91. The van der Waals surface area contributed by atoms with Crippen LogP contribution in [0.5, 0.6) is 0 Å². The van der Waals surface area contributed by atoms with Gasteiger partial charge in [0.25, 0.3) is 0 Å². The van der Waals surface area contributed by atoms with Gasteiger partial charge >= 0.3 is 0 Å². The third-order valence-corrected chi connectivity index (χ3v) is 4.17. The Morgan fingerprint density at radius 3 is 2.67 bits per heavy atom. The number of nitrogens with two attached hydrogens (primary N) is 1. The zero-order chi connectivity index (χ0) is 10.7. The maximum atomic E-state index is 8.72. The van der Waals surface area contributed by atoms with Gasteiger partial charge in [0.2, 0.25) is 0 Å². The molecule has 1 saturated carbocycles. The van der Waals surface area contributed by atoms with E-state index in [1.165, 1.54) is 25.7 Å². The van der Waals surface area contributed by atoms with Crippen LogP contribution in [0, 0.1) is 11.3 Å². The Morgan fingerprint density at radius 1 is 1.33 bits per heavy atom. The van der Waals surface area contributed by atoms with Crippen molar-refractivity contribution in [1.82, 2.24) is 0 Å². The van der Waals surface area contributed by atoms with Crippen molar-refractivity contribution in [3.8, 4) is 6.07 Å². The van der Waals surface area contributed by atoms with Gasteiger partial charge in [-0.1, -0.05) is 12.8 Å². The normalized spacial score (nSPS) is 16.5. The smallest absolute Gasteiger partial charge is 0.0992 e. The lowest BCUT2D eigenvalue weighted by molar-refractivity contribution is 0.886. The van der Waals surface area contributed by atoms with E-state index in [9.17, 15) is 0 Å². The highest BCUT2D eigenvalue weighted by Gasteiger charge is 2.17. The van der Waals surface area contributed by atoms with Crippen molar-refractivity contribution in [3.63, 3.8) is 0 Å². The molecular formula is C12H14N2S. The summed E-state index contributed by atoms with van der Waals surface area (Å²) in [5.41, 5.74) is 7.29. The molecule has 0 atom stereocenters. The van der Waals surface area contributed by atoms with Crippen LogP contribution in [0.1, 0.15) is 31.2 Å². The maximum absolute atomic E-state index is 8.72. The van der Waals surface area contributed by atoms with E-state index in [0.29, 0.717) is 5.56 Å². The Balaban J connectivity index is 2.11. The van der Waals surface area contributed by atoms with E-state index in [-0.39, 0.29) is 0 Å². The number of rotatable bonds is 2. The average Bonchev–Trinajstić information content (AvgIpc) is 2.74. The highest BCUT2D eigenvalue weighted by molar-refractivity contribution is 8.00. The Kier molecular flexibility index (Phi) is 3.17. The summed E-state index contributed by atoms with van der Waals surface area (Å²) in [6.45, 7) is 0. The molecule has 0 aliphatic heterocycles. The van der Waals surface area contributed by atoms with E-state index in [4.69, 9.17) is 11.0 Å². The molecule has 1 fully saturated rings. The van der Waals surface area contributed by atoms with Crippen LogP contribution in [0.25, 0.3) is 0 Å². The van der Waals surface area contributed by atoms with E-state index in [1.54, 1.807) is 6.07 Å². The molecule has 15 heavy (non-hydrogen) atoms. The summed E-state index contributed by atoms with van der Waals surface area (Å²) >= 11 is 1.86. The maximum Gasteiger partial charge on any atom is 0.0992 e. The average molecular weight is 218 g/mol. The molecule has 2 N–H and O–H groups in total. The molecule has 3 heteroatoms. The number of thioether (sulfide) groups is 1. The molecule has 0 amide bonds. The predicted molar refractivity (Wildman–Crippen MR) is 63.7 cm³/mol. The minimum Gasteiger partial charge on any atom is -0.398 e. The van der Waals surface area contributed by atoms with Crippen LogP contribution in [-0.4, -0.2) is 5.25 Å². The van der Waals surface area contributed by atoms with Gasteiger partial charge in [-0.05, 0) is 31.0 Å². The fraction of sp³-hybridized carbons (Fsp3) is 0.417. The lowest BCUT2D eigenvalue weighted by Crippen LogP contribution is -1.96. The monoisotopic (exact) mass is 218 g/mol. The Morgan fingerprint density at radius 2 is 2.07 bits per heavy atom. The molecule has 0 heterocycles. The summed E-state index contributed by atoms with van der Waals surface area (Å²) < 4.78 is 0. The second-order valence-corrected chi connectivity index (χ2v) is 5.23. The fourth-order valence-corrected chi connectivity index (χ4v) is 3.18.